The lowest BCUT2D eigenvalue weighted by atomic mass is 10.0. The van der Waals surface area contributed by atoms with E-state index < -0.39 is 17.6 Å². The van der Waals surface area contributed by atoms with Gasteiger partial charge in [-0.05, 0) is 6.92 Å². The molecule has 0 aliphatic heterocycles. The fourth-order valence-electron chi connectivity index (χ4n) is 0.583. The average molecular weight is 240 g/mol. The largest absolute Gasteiger partial charge is 0.415 e. The van der Waals surface area contributed by atoms with E-state index in [1.165, 1.54) is 5.51 Å². The van der Waals surface area contributed by atoms with E-state index in [2.05, 4.69) is 10.2 Å². The second kappa shape index (κ2) is 3.74. The molecule has 0 aliphatic carbocycles. The highest BCUT2D eigenvalue weighted by Gasteiger charge is 2.54. The van der Waals surface area contributed by atoms with Crippen molar-refractivity contribution >= 4 is 22.4 Å². The molecule has 0 fully saturated rings. The molecule has 9 heteroatoms. The first-order valence-electron chi connectivity index (χ1n) is 3.68. The lowest BCUT2D eigenvalue weighted by Crippen LogP contribution is -2.59. The van der Waals surface area contributed by atoms with Crippen molar-refractivity contribution < 1.29 is 18.0 Å². The molecular formula is C6H7F3N4OS. The summed E-state index contributed by atoms with van der Waals surface area (Å²) in [6.45, 7) is 0.587. The van der Waals surface area contributed by atoms with Gasteiger partial charge in [0.2, 0.25) is 5.13 Å². The predicted molar refractivity (Wildman–Crippen MR) is 47.2 cm³/mol. The smallest absolute Gasteiger partial charge is 0.310 e. The van der Waals surface area contributed by atoms with Crippen molar-refractivity contribution in [2.24, 2.45) is 5.73 Å². The molecule has 1 aromatic rings. The topological polar surface area (TPSA) is 80.9 Å². The lowest BCUT2D eigenvalue weighted by molar-refractivity contribution is -0.184. The van der Waals surface area contributed by atoms with E-state index in [1.54, 1.807) is 0 Å². The van der Waals surface area contributed by atoms with Crippen molar-refractivity contribution in [3.05, 3.63) is 5.51 Å². The first-order chi connectivity index (χ1) is 6.75. The maximum Gasteiger partial charge on any atom is 0.415 e. The molecule has 0 bridgehead atoms. The van der Waals surface area contributed by atoms with E-state index in [1.807, 2.05) is 5.32 Å². The van der Waals surface area contributed by atoms with Crippen LogP contribution in [-0.4, -0.2) is 27.8 Å². The number of alkyl halides is 3. The summed E-state index contributed by atoms with van der Waals surface area (Å²) in [5.41, 5.74) is 3.20. The number of aromatic nitrogens is 2. The summed E-state index contributed by atoms with van der Waals surface area (Å²) in [7, 11) is 0. The van der Waals surface area contributed by atoms with Crippen molar-refractivity contribution in [3.8, 4) is 0 Å². The SMILES string of the molecule is CC(N)(C(=O)Nc1nncs1)C(F)(F)F. The number of rotatable bonds is 2. The van der Waals surface area contributed by atoms with Gasteiger partial charge in [-0.25, -0.2) is 0 Å². The van der Waals surface area contributed by atoms with Crippen molar-refractivity contribution in [2.45, 2.75) is 18.6 Å². The zero-order valence-electron chi connectivity index (χ0n) is 7.50. The summed E-state index contributed by atoms with van der Waals surface area (Å²) in [5, 5.41) is 8.62. The number of carbonyl (C=O) groups is 1. The first-order valence-corrected chi connectivity index (χ1v) is 4.56. The van der Waals surface area contributed by atoms with Gasteiger partial charge in [-0.1, -0.05) is 11.3 Å². The number of nitrogens with zero attached hydrogens (tertiary/aromatic N) is 2. The number of amides is 1. The second-order valence-electron chi connectivity index (χ2n) is 2.90. The van der Waals surface area contributed by atoms with Crippen LogP contribution in [0.4, 0.5) is 18.3 Å². The van der Waals surface area contributed by atoms with Gasteiger partial charge in [0.15, 0.2) is 5.54 Å². The van der Waals surface area contributed by atoms with Crippen LogP contribution >= 0.6 is 11.3 Å². The number of hydrogen-bond acceptors (Lipinski definition) is 5. The van der Waals surface area contributed by atoms with E-state index in [0.717, 1.165) is 11.3 Å². The van der Waals surface area contributed by atoms with Gasteiger partial charge in [0, 0.05) is 0 Å². The third-order valence-corrected chi connectivity index (χ3v) is 2.25. The van der Waals surface area contributed by atoms with Gasteiger partial charge in [0.1, 0.15) is 5.51 Å². The lowest BCUT2D eigenvalue weighted by Gasteiger charge is -2.25. The molecule has 15 heavy (non-hydrogen) atoms. The Bertz CT molecular complexity index is 348. The molecule has 1 rings (SSSR count). The fourth-order valence-corrected chi connectivity index (χ4v) is 1.02. The highest BCUT2D eigenvalue weighted by Crippen LogP contribution is 2.29. The maximum atomic E-state index is 12.3. The average Bonchev–Trinajstić information content (AvgIpc) is 2.54. The van der Waals surface area contributed by atoms with Gasteiger partial charge >= 0.3 is 6.18 Å². The molecule has 0 aromatic carbocycles. The molecule has 0 saturated heterocycles. The molecular weight excluding hydrogens is 233 g/mol. The molecule has 0 saturated carbocycles. The summed E-state index contributed by atoms with van der Waals surface area (Å²) in [6.07, 6.45) is -4.82. The number of anilines is 1. The summed E-state index contributed by atoms with van der Waals surface area (Å²) in [5.74, 6) is -1.37. The summed E-state index contributed by atoms with van der Waals surface area (Å²) < 4.78 is 36.9. The maximum absolute atomic E-state index is 12.3. The first kappa shape index (κ1) is 11.9. The quantitative estimate of drug-likeness (QED) is 0.799. The number of nitrogens with two attached hydrogens (primary N) is 1. The standard InChI is InChI=1S/C6H7F3N4OS/c1-5(10,6(7,8)9)3(14)12-4-13-11-2-15-4/h2H,10H2,1H3,(H,12,13,14). The Labute approximate surface area is 86.5 Å². The second-order valence-corrected chi connectivity index (χ2v) is 3.73. The van der Waals surface area contributed by atoms with Crippen LogP contribution in [0.3, 0.4) is 0 Å². The molecule has 84 valence electrons. The zero-order chi connectivity index (χ0) is 11.7. The number of halogens is 3. The Morgan fingerprint density at radius 2 is 2.20 bits per heavy atom. The van der Waals surface area contributed by atoms with Crippen LogP contribution in [0.2, 0.25) is 0 Å². The molecule has 3 N–H and O–H groups in total. The molecule has 1 heterocycles. The van der Waals surface area contributed by atoms with Gasteiger partial charge in [0.25, 0.3) is 5.91 Å². The Hall–Kier alpha value is -1.22. The number of hydrogen-bond donors (Lipinski definition) is 2. The summed E-state index contributed by atoms with van der Waals surface area (Å²) >= 11 is 0.901. The van der Waals surface area contributed by atoms with Crippen LogP contribution in [-0.2, 0) is 4.79 Å². The summed E-state index contributed by atoms with van der Waals surface area (Å²) in [4.78, 5) is 11.2. The van der Waals surface area contributed by atoms with Gasteiger partial charge in [-0.2, -0.15) is 13.2 Å². The molecule has 5 nitrogen and oxygen atoms in total. The van der Waals surface area contributed by atoms with Crippen molar-refractivity contribution in [2.75, 3.05) is 5.32 Å². The fraction of sp³-hybridized carbons (Fsp3) is 0.500. The van der Waals surface area contributed by atoms with Gasteiger partial charge in [-0.3, -0.25) is 10.1 Å². The van der Waals surface area contributed by atoms with Gasteiger partial charge in [0.05, 0.1) is 0 Å². The Kier molecular flexibility index (Phi) is 2.95. The predicted octanol–water partition coefficient (Wildman–Crippen LogP) is 0.756. The van der Waals surface area contributed by atoms with E-state index in [-0.39, 0.29) is 5.13 Å². The summed E-state index contributed by atoms with van der Waals surface area (Å²) in [6, 6.07) is 0. The van der Waals surface area contributed by atoms with E-state index in [4.69, 9.17) is 5.73 Å². The molecule has 1 atom stereocenters. The van der Waals surface area contributed by atoms with Gasteiger partial charge in [-0.15, -0.1) is 10.2 Å². The highest BCUT2D eigenvalue weighted by atomic mass is 32.1. The molecule has 0 radical (unpaired) electrons. The normalized spacial score (nSPS) is 15.8. The van der Waals surface area contributed by atoms with E-state index in [0.29, 0.717) is 6.92 Å². The van der Waals surface area contributed by atoms with Crippen LogP contribution in [0.5, 0.6) is 0 Å². The third-order valence-electron chi connectivity index (χ3n) is 1.64. The molecule has 1 unspecified atom stereocenters. The highest BCUT2D eigenvalue weighted by molar-refractivity contribution is 7.13. The number of nitrogens with one attached hydrogen (secondary N) is 1. The van der Waals surface area contributed by atoms with Crippen molar-refractivity contribution in [1.82, 2.24) is 10.2 Å². The van der Waals surface area contributed by atoms with Crippen LogP contribution in [0.1, 0.15) is 6.92 Å². The Morgan fingerprint density at radius 3 is 2.60 bits per heavy atom. The van der Waals surface area contributed by atoms with Crippen LogP contribution in [0, 0.1) is 0 Å². The molecule has 1 aromatic heterocycles. The Morgan fingerprint density at radius 1 is 1.60 bits per heavy atom. The minimum atomic E-state index is -4.82. The number of carbonyl (C=O) groups excluding carboxylic acids is 1. The molecule has 1 amide bonds. The van der Waals surface area contributed by atoms with E-state index in [9.17, 15) is 18.0 Å². The van der Waals surface area contributed by atoms with Crippen LogP contribution in [0.15, 0.2) is 5.51 Å². The van der Waals surface area contributed by atoms with Crippen molar-refractivity contribution in [3.63, 3.8) is 0 Å². The molecule has 0 aliphatic rings. The van der Waals surface area contributed by atoms with Crippen LogP contribution in [0.25, 0.3) is 0 Å². The van der Waals surface area contributed by atoms with E-state index >= 15 is 0 Å². The third kappa shape index (κ3) is 2.42. The Balaban J connectivity index is 2.77. The minimum absolute atomic E-state index is 0.0269. The molecule has 0 spiro atoms. The van der Waals surface area contributed by atoms with Crippen molar-refractivity contribution in [1.29, 1.82) is 0 Å². The van der Waals surface area contributed by atoms with Gasteiger partial charge < -0.3 is 5.73 Å². The van der Waals surface area contributed by atoms with Crippen LogP contribution < -0.4 is 11.1 Å². The monoisotopic (exact) mass is 240 g/mol. The zero-order valence-corrected chi connectivity index (χ0v) is 8.32. The minimum Gasteiger partial charge on any atom is -0.310 e.